The molecule has 0 fully saturated rings. The zero-order chi connectivity index (χ0) is 17.7. The van der Waals surface area contributed by atoms with Crippen molar-refractivity contribution in [2.75, 3.05) is 13.2 Å². The lowest BCUT2D eigenvalue weighted by atomic mass is 9.81. The fourth-order valence-electron chi connectivity index (χ4n) is 2.70. The predicted octanol–water partition coefficient (Wildman–Crippen LogP) is 3.94. The molecule has 2 heterocycles. The Morgan fingerprint density at radius 2 is 1.96 bits per heavy atom. The van der Waals surface area contributed by atoms with Crippen LogP contribution in [-0.4, -0.2) is 25.0 Å². The number of nitrogens with one attached hydrogen (secondary N) is 1. The molecule has 25 heavy (non-hydrogen) atoms. The Balaban J connectivity index is 0.00000312. The standard InChI is InChI=1S/C17H24N2O3S2.ClH/c1-4-17(5-2,10-18)16(21)19-9-11-13-12(7-8-23-13)24-14(11)15(20)22-6-3;/h7-8H,4-6,9-10,18H2,1-3H3,(H,19,21);1H. The first kappa shape index (κ1) is 21.9. The van der Waals surface area contributed by atoms with Gasteiger partial charge in [0.1, 0.15) is 4.88 Å². The normalized spacial score (nSPS) is 11.2. The van der Waals surface area contributed by atoms with Crippen molar-refractivity contribution in [2.24, 2.45) is 11.1 Å². The Morgan fingerprint density at radius 1 is 1.28 bits per heavy atom. The molecule has 0 aliphatic carbocycles. The maximum absolute atomic E-state index is 12.6. The third kappa shape index (κ3) is 4.34. The summed E-state index contributed by atoms with van der Waals surface area (Å²) < 4.78 is 7.23. The lowest BCUT2D eigenvalue weighted by molar-refractivity contribution is -0.131. The summed E-state index contributed by atoms with van der Waals surface area (Å²) in [5.41, 5.74) is 6.14. The molecule has 0 saturated heterocycles. The van der Waals surface area contributed by atoms with Crippen molar-refractivity contribution in [1.82, 2.24) is 5.32 Å². The van der Waals surface area contributed by atoms with Gasteiger partial charge in [0.25, 0.3) is 0 Å². The number of ether oxygens (including phenoxy) is 1. The minimum absolute atomic E-state index is 0. The molecule has 1 amide bonds. The van der Waals surface area contributed by atoms with E-state index in [2.05, 4.69) is 5.32 Å². The lowest BCUT2D eigenvalue weighted by Gasteiger charge is -2.28. The number of fused-ring (bicyclic) bond motifs is 1. The van der Waals surface area contributed by atoms with Crippen LogP contribution in [0, 0.1) is 5.41 Å². The van der Waals surface area contributed by atoms with E-state index in [1.165, 1.54) is 11.3 Å². The van der Waals surface area contributed by atoms with Crippen molar-refractivity contribution < 1.29 is 14.3 Å². The van der Waals surface area contributed by atoms with Crippen molar-refractivity contribution >= 4 is 56.4 Å². The Morgan fingerprint density at radius 3 is 2.52 bits per heavy atom. The van der Waals surface area contributed by atoms with Gasteiger partial charge >= 0.3 is 5.97 Å². The van der Waals surface area contributed by atoms with Crippen LogP contribution in [0.4, 0.5) is 0 Å². The van der Waals surface area contributed by atoms with E-state index in [0.29, 0.717) is 37.4 Å². The molecule has 8 heteroatoms. The van der Waals surface area contributed by atoms with Crippen LogP contribution in [0.1, 0.15) is 48.8 Å². The molecule has 0 atom stereocenters. The lowest BCUT2D eigenvalue weighted by Crippen LogP contribution is -2.45. The van der Waals surface area contributed by atoms with Gasteiger partial charge in [-0.3, -0.25) is 4.79 Å². The highest BCUT2D eigenvalue weighted by Gasteiger charge is 2.33. The van der Waals surface area contributed by atoms with E-state index in [4.69, 9.17) is 10.5 Å². The number of carbonyl (C=O) groups is 2. The van der Waals surface area contributed by atoms with Gasteiger partial charge in [-0.25, -0.2) is 4.79 Å². The zero-order valence-electron chi connectivity index (χ0n) is 14.7. The summed E-state index contributed by atoms with van der Waals surface area (Å²) in [6.45, 7) is 6.69. The van der Waals surface area contributed by atoms with Gasteiger partial charge in [-0.1, -0.05) is 13.8 Å². The van der Waals surface area contributed by atoms with Crippen molar-refractivity contribution in [1.29, 1.82) is 0 Å². The summed E-state index contributed by atoms with van der Waals surface area (Å²) in [6.07, 6.45) is 1.38. The van der Waals surface area contributed by atoms with Gasteiger partial charge in [0.2, 0.25) is 5.91 Å². The summed E-state index contributed by atoms with van der Waals surface area (Å²) >= 11 is 2.99. The van der Waals surface area contributed by atoms with Gasteiger partial charge in [-0.05, 0) is 31.2 Å². The molecule has 0 aromatic carbocycles. The van der Waals surface area contributed by atoms with E-state index < -0.39 is 5.41 Å². The van der Waals surface area contributed by atoms with Gasteiger partial charge in [-0.15, -0.1) is 35.1 Å². The number of halogens is 1. The van der Waals surface area contributed by atoms with Crippen molar-refractivity contribution in [2.45, 2.75) is 40.2 Å². The molecular formula is C17H25ClN2O3S2. The molecule has 3 N–H and O–H groups in total. The predicted molar refractivity (Wildman–Crippen MR) is 107 cm³/mol. The molecule has 0 aliphatic rings. The van der Waals surface area contributed by atoms with Crippen LogP contribution in [0.3, 0.4) is 0 Å². The monoisotopic (exact) mass is 404 g/mol. The molecular weight excluding hydrogens is 380 g/mol. The zero-order valence-corrected chi connectivity index (χ0v) is 17.2. The minimum Gasteiger partial charge on any atom is -0.462 e. The van der Waals surface area contributed by atoms with Gasteiger partial charge in [0.05, 0.1) is 16.7 Å². The van der Waals surface area contributed by atoms with Crippen LogP contribution in [-0.2, 0) is 16.1 Å². The Bertz CT molecular complexity index is 714. The van der Waals surface area contributed by atoms with E-state index in [0.717, 1.165) is 15.0 Å². The molecule has 0 spiro atoms. The molecule has 5 nitrogen and oxygen atoms in total. The van der Waals surface area contributed by atoms with Crippen molar-refractivity contribution in [3.05, 3.63) is 21.9 Å². The fraction of sp³-hybridized carbons (Fsp3) is 0.529. The number of hydrogen-bond donors (Lipinski definition) is 2. The smallest absolute Gasteiger partial charge is 0.348 e. The number of thiophene rings is 2. The van der Waals surface area contributed by atoms with Gasteiger partial charge in [0.15, 0.2) is 0 Å². The molecule has 0 saturated carbocycles. The van der Waals surface area contributed by atoms with E-state index in [-0.39, 0.29) is 24.3 Å². The molecule has 0 bridgehead atoms. The summed E-state index contributed by atoms with van der Waals surface area (Å²) in [6, 6.07) is 1.99. The van der Waals surface area contributed by atoms with E-state index in [9.17, 15) is 9.59 Å². The maximum atomic E-state index is 12.6. The second-order valence-corrected chi connectivity index (χ2v) is 7.59. The molecule has 0 radical (unpaired) electrons. The first-order valence-electron chi connectivity index (χ1n) is 8.17. The van der Waals surface area contributed by atoms with Gasteiger partial charge in [-0.2, -0.15) is 0 Å². The van der Waals surface area contributed by atoms with Gasteiger partial charge < -0.3 is 15.8 Å². The van der Waals surface area contributed by atoms with Crippen LogP contribution < -0.4 is 11.1 Å². The van der Waals surface area contributed by atoms with Crippen LogP contribution >= 0.6 is 35.1 Å². The average Bonchev–Trinajstić information content (AvgIpc) is 3.16. The highest BCUT2D eigenvalue weighted by Crippen LogP contribution is 2.36. The molecule has 2 aromatic heterocycles. The fourth-order valence-corrected chi connectivity index (χ4v) is 4.98. The number of nitrogens with two attached hydrogens (primary N) is 1. The Hall–Kier alpha value is -1.15. The Labute approximate surface area is 162 Å². The molecule has 0 aliphatic heterocycles. The number of esters is 1. The summed E-state index contributed by atoms with van der Waals surface area (Å²) in [5, 5.41) is 4.97. The SMILES string of the molecule is CCOC(=O)c1sc2ccsc2c1CNC(=O)C(CC)(CC)CN.Cl. The average molecular weight is 405 g/mol. The first-order valence-corrected chi connectivity index (χ1v) is 9.86. The third-order valence-electron chi connectivity index (χ3n) is 4.50. The van der Waals surface area contributed by atoms with Crippen LogP contribution in [0.2, 0.25) is 0 Å². The summed E-state index contributed by atoms with van der Waals surface area (Å²) in [4.78, 5) is 25.4. The van der Waals surface area contributed by atoms with Crippen LogP contribution in [0.15, 0.2) is 11.4 Å². The van der Waals surface area contributed by atoms with Crippen LogP contribution in [0.25, 0.3) is 9.40 Å². The van der Waals surface area contributed by atoms with E-state index in [1.807, 2.05) is 25.3 Å². The minimum atomic E-state index is -0.547. The van der Waals surface area contributed by atoms with Gasteiger partial charge in [0, 0.05) is 23.4 Å². The highest BCUT2D eigenvalue weighted by atomic mass is 35.5. The highest BCUT2D eigenvalue weighted by molar-refractivity contribution is 7.28. The number of hydrogen-bond acceptors (Lipinski definition) is 6. The maximum Gasteiger partial charge on any atom is 0.348 e. The second-order valence-electron chi connectivity index (χ2n) is 5.62. The second kappa shape index (κ2) is 9.52. The number of amides is 1. The first-order chi connectivity index (χ1) is 11.5. The van der Waals surface area contributed by atoms with Crippen LogP contribution in [0.5, 0.6) is 0 Å². The molecule has 2 rings (SSSR count). The molecule has 140 valence electrons. The van der Waals surface area contributed by atoms with Crippen molar-refractivity contribution in [3.8, 4) is 0 Å². The van der Waals surface area contributed by atoms with Crippen molar-refractivity contribution in [3.63, 3.8) is 0 Å². The molecule has 2 aromatic rings. The third-order valence-corrected chi connectivity index (χ3v) is 6.78. The Kier molecular flexibility index (Phi) is 8.34. The van der Waals surface area contributed by atoms with E-state index in [1.54, 1.807) is 18.3 Å². The topological polar surface area (TPSA) is 81.4 Å². The summed E-state index contributed by atoms with van der Waals surface area (Å²) in [7, 11) is 0. The quantitative estimate of drug-likeness (QED) is 0.653. The number of carbonyl (C=O) groups excluding carboxylic acids is 2. The molecule has 0 unspecified atom stereocenters. The summed E-state index contributed by atoms with van der Waals surface area (Å²) in [5.74, 6) is -0.382. The largest absolute Gasteiger partial charge is 0.462 e. The number of rotatable bonds is 8. The van der Waals surface area contributed by atoms with E-state index >= 15 is 0 Å².